The molecule has 0 saturated heterocycles. The molecule has 5 heteroatoms. The first-order valence-electron chi connectivity index (χ1n) is 9.25. The summed E-state index contributed by atoms with van der Waals surface area (Å²) < 4.78 is 4.91. The van der Waals surface area contributed by atoms with Crippen molar-refractivity contribution in [2.45, 2.75) is 19.8 Å². The van der Waals surface area contributed by atoms with Crippen LogP contribution in [0.15, 0.2) is 53.5 Å². The van der Waals surface area contributed by atoms with Crippen LogP contribution < -0.4 is 4.90 Å². The van der Waals surface area contributed by atoms with Gasteiger partial charge in [-0.2, -0.15) is 0 Å². The first-order chi connectivity index (χ1) is 13.6. The van der Waals surface area contributed by atoms with Crippen molar-refractivity contribution in [2.24, 2.45) is 4.99 Å². The lowest BCUT2D eigenvalue weighted by Gasteiger charge is -2.18. The van der Waals surface area contributed by atoms with Gasteiger partial charge in [0.25, 0.3) is 0 Å². The predicted octanol–water partition coefficient (Wildman–Crippen LogP) is 3.20. The summed E-state index contributed by atoms with van der Waals surface area (Å²) in [7, 11) is 1.76. The number of likely N-dealkylation sites (N-methyl/N-ethyl adjacent to an activating group) is 1. The number of ether oxygens (including phenoxy) is 1. The van der Waals surface area contributed by atoms with Gasteiger partial charge in [0.1, 0.15) is 6.54 Å². The lowest BCUT2D eigenvalue weighted by atomic mass is 9.98. The highest BCUT2D eigenvalue weighted by molar-refractivity contribution is 6.19. The van der Waals surface area contributed by atoms with Crippen LogP contribution in [-0.4, -0.2) is 37.8 Å². The van der Waals surface area contributed by atoms with Crippen molar-refractivity contribution in [3.8, 4) is 11.8 Å². The minimum atomic E-state index is -0.239. The van der Waals surface area contributed by atoms with E-state index in [0.29, 0.717) is 13.0 Å². The second-order valence-electron chi connectivity index (χ2n) is 6.32. The van der Waals surface area contributed by atoms with E-state index in [1.54, 1.807) is 18.9 Å². The Kier molecular flexibility index (Phi) is 6.23. The second-order valence-corrected chi connectivity index (χ2v) is 6.32. The van der Waals surface area contributed by atoms with Gasteiger partial charge >= 0.3 is 5.97 Å². The number of nitrogens with zero attached hydrogens (tertiary/aromatic N) is 2. The fourth-order valence-electron chi connectivity index (χ4n) is 2.97. The van der Waals surface area contributed by atoms with Gasteiger partial charge in [-0.15, -0.1) is 0 Å². The van der Waals surface area contributed by atoms with E-state index in [0.717, 1.165) is 28.1 Å². The maximum atomic E-state index is 12.3. The minimum absolute atomic E-state index is 0.0551. The number of rotatable bonds is 4. The first-order valence-corrected chi connectivity index (χ1v) is 9.25. The van der Waals surface area contributed by atoms with E-state index in [1.165, 1.54) is 0 Å². The van der Waals surface area contributed by atoms with Crippen molar-refractivity contribution < 1.29 is 14.3 Å². The monoisotopic (exact) mass is 374 g/mol. The molecule has 0 fully saturated rings. The third-order valence-electron chi connectivity index (χ3n) is 4.40. The van der Waals surface area contributed by atoms with Gasteiger partial charge in [0.05, 0.1) is 24.4 Å². The summed E-state index contributed by atoms with van der Waals surface area (Å²) in [6.07, 6.45) is 0.716. The Morgan fingerprint density at radius 1 is 1.21 bits per heavy atom. The van der Waals surface area contributed by atoms with Crippen LogP contribution >= 0.6 is 0 Å². The van der Waals surface area contributed by atoms with Crippen LogP contribution in [0.25, 0.3) is 0 Å². The van der Waals surface area contributed by atoms with Crippen LogP contribution in [0.4, 0.5) is 5.69 Å². The Labute approximate surface area is 165 Å². The number of fused-ring (bicyclic) bond motifs is 1. The molecule has 1 aliphatic rings. The number of carbonyl (C=O) groups is 2. The molecule has 0 spiro atoms. The standard InChI is InChI=1S/C23H22N2O3/c1-3-28-22(27)12-8-7-9-17-13-14-20-19(15-17)23(18-10-5-4-6-11-18)24-16-21(26)25(20)2/h4-6,10-11,13-15H,3,8,12,16H2,1-2H3. The Bertz CT molecular complexity index is 968. The molecule has 3 rings (SSSR count). The van der Waals surface area contributed by atoms with E-state index in [-0.39, 0.29) is 24.8 Å². The Hall–Kier alpha value is -3.39. The van der Waals surface area contributed by atoms with Crippen LogP contribution in [0, 0.1) is 11.8 Å². The number of benzodiazepines with no additional fused rings is 1. The Balaban J connectivity index is 1.92. The summed E-state index contributed by atoms with van der Waals surface area (Å²) in [6, 6.07) is 15.5. The van der Waals surface area contributed by atoms with E-state index in [1.807, 2.05) is 48.5 Å². The molecular formula is C23H22N2O3. The van der Waals surface area contributed by atoms with Crippen LogP contribution in [0.1, 0.15) is 36.5 Å². The molecule has 1 amide bonds. The molecule has 0 N–H and O–H groups in total. The number of hydrogen-bond acceptors (Lipinski definition) is 4. The van der Waals surface area contributed by atoms with Gasteiger partial charge in [-0.1, -0.05) is 42.2 Å². The number of carbonyl (C=O) groups excluding carboxylic acids is 2. The molecule has 142 valence electrons. The van der Waals surface area contributed by atoms with Crippen molar-refractivity contribution in [1.29, 1.82) is 0 Å². The normalized spacial score (nSPS) is 13.0. The highest BCUT2D eigenvalue weighted by atomic mass is 16.5. The number of hydrogen-bond donors (Lipinski definition) is 0. The van der Waals surface area contributed by atoms with Crippen molar-refractivity contribution in [1.82, 2.24) is 0 Å². The number of benzene rings is 2. The maximum Gasteiger partial charge on any atom is 0.306 e. The predicted molar refractivity (Wildman–Crippen MR) is 110 cm³/mol. The summed E-state index contributed by atoms with van der Waals surface area (Å²) >= 11 is 0. The molecule has 0 atom stereocenters. The van der Waals surface area contributed by atoms with Gasteiger partial charge < -0.3 is 9.64 Å². The third-order valence-corrected chi connectivity index (χ3v) is 4.40. The zero-order valence-corrected chi connectivity index (χ0v) is 16.1. The molecule has 2 aromatic rings. The summed E-state index contributed by atoms with van der Waals surface area (Å²) in [5.74, 6) is 5.82. The minimum Gasteiger partial charge on any atom is -0.466 e. The van der Waals surface area contributed by atoms with Crippen LogP contribution in [0.2, 0.25) is 0 Å². The van der Waals surface area contributed by atoms with E-state index in [9.17, 15) is 9.59 Å². The second kappa shape index (κ2) is 9.01. The zero-order valence-electron chi connectivity index (χ0n) is 16.1. The van der Waals surface area contributed by atoms with Crippen molar-refractivity contribution in [2.75, 3.05) is 25.1 Å². The van der Waals surface area contributed by atoms with Gasteiger partial charge in [0.15, 0.2) is 0 Å². The summed E-state index contributed by atoms with van der Waals surface area (Å²) in [5.41, 5.74) is 4.23. The largest absolute Gasteiger partial charge is 0.466 e. The number of aliphatic imine (C=N–C) groups is 1. The molecule has 1 heterocycles. The molecule has 5 nitrogen and oxygen atoms in total. The fourth-order valence-corrected chi connectivity index (χ4v) is 2.97. The van der Waals surface area contributed by atoms with Gasteiger partial charge in [-0.25, -0.2) is 0 Å². The van der Waals surface area contributed by atoms with E-state index in [4.69, 9.17) is 4.74 Å². The average Bonchev–Trinajstić information content (AvgIpc) is 2.83. The maximum absolute atomic E-state index is 12.3. The quantitative estimate of drug-likeness (QED) is 0.610. The zero-order chi connectivity index (χ0) is 19.9. The molecule has 2 aromatic carbocycles. The third kappa shape index (κ3) is 4.47. The number of anilines is 1. The van der Waals surface area contributed by atoms with Crippen molar-refractivity contribution in [3.05, 3.63) is 65.2 Å². The topological polar surface area (TPSA) is 59.0 Å². The van der Waals surface area contributed by atoms with Crippen LogP contribution in [0.5, 0.6) is 0 Å². The van der Waals surface area contributed by atoms with Gasteiger partial charge in [0.2, 0.25) is 5.91 Å². The molecule has 0 radical (unpaired) electrons. The van der Waals surface area contributed by atoms with Crippen LogP contribution in [0.3, 0.4) is 0 Å². The van der Waals surface area contributed by atoms with Crippen molar-refractivity contribution in [3.63, 3.8) is 0 Å². The highest BCUT2D eigenvalue weighted by Gasteiger charge is 2.22. The Morgan fingerprint density at radius 3 is 2.75 bits per heavy atom. The molecule has 0 unspecified atom stereocenters. The molecule has 0 bridgehead atoms. The number of esters is 1. The summed E-state index contributed by atoms with van der Waals surface area (Å²) in [5, 5.41) is 0. The smallest absolute Gasteiger partial charge is 0.306 e. The molecule has 28 heavy (non-hydrogen) atoms. The average molecular weight is 374 g/mol. The van der Waals surface area contributed by atoms with E-state index >= 15 is 0 Å². The van der Waals surface area contributed by atoms with Gasteiger partial charge in [0, 0.05) is 30.2 Å². The lowest BCUT2D eigenvalue weighted by molar-refractivity contribution is -0.142. The molecule has 1 aliphatic heterocycles. The van der Waals surface area contributed by atoms with E-state index < -0.39 is 0 Å². The fraction of sp³-hybridized carbons (Fsp3) is 0.261. The van der Waals surface area contributed by atoms with Gasteiger partial charge in [-0.05, 0) is 25.1 Å². The molecule has 0 aromatic heterocycles. The van der Waals surface area contributed by atoms with Crippen molar-refractivity contribution >= 4 is 23.3 Å². The lowest BCUT2D eigenvalue weighted by Crippen LogP contribution is -2.27. The molecular weight excluding hydrogens is 352 g/mol. The van der Waals surface area contributed by atoms with E-state index in [2.05, 4.69) is 16.8 Å². The van der Waals surface area contributed by atoms with Crippen LogP contribution in [-0.2, 0) is 14.3 Å². The molecule has 0 aliphatic carbocycles. The Morgan fingerprint density at radius 2 is 2.00 bits per heavy atom. The summed E-state index contributed by atoms with van der Waals surface area (Å²) in [4.78, 5) is 29.9. The molecule has 0 saturated carbocycles. The van der Waals surface area contributed by atoms with Gasteiger partial charge in [-0.3, -0.25) is 14.6 Å². The summed E-state index contributed by atoms with van der Waals surface area (Å²) in [6.45, 7) is 2.27. The first kappa shape index (κ1) is 19.4. The number of amides is 1. The SMILES string of the molecule is CCOC(=O)CCC#Cc1ccc2c(c1)C(c1ccccc1)=NCC(=O)N2C. The highest BCUT2D eigenvalue weighted by Crippen LogP contribution is 2.27.